The number of likely N-dealkylation sites (tertiary alicyclic amines) is 1. The number of hydrogen-bond donors (Lipinski definition) is 0. The van der Waals surface area contributed by atoms with Gasteiger partial charge in [-0.05, 0) is 37.6 Å². The van der Waals surface area contributed by atoms with Gasteiger partial charge in [0.05, 0.1) is 0 Å². The summed E-state index contributed by atoms with van der Waals surface area (Å²) in [7, 11) is 1.78. The molecule has 1 spiro atoms. The van der Waals surface area contributed by atoms with E-state index < -0.39 is 0 Å². The lowest BCUT2D eigenvalue weighted by Gasteiger charge is -2.14. The highest BCUT2D eigenvalue weighted by molar-refractivity contribution is 5.00. The highest BCUT2D eigenvalue weighted by Gasteiger charge is 2.47. The maximum atomic E-state index is 5.04. The van der Waals surface area contributed by atoms with Crippen molar-refractivity contribution in [1.82, 2.24) is 4.90 Å². The topological polar surface area (TPSA) is 12.5 Å². The second-order valence-corrected chi connectivity index (χ2v) is 5.37. The van der Waals surface area contributed by atoms with Crippen molar-refractivity contribution in [3.05, 3.63) is 0 Å². The van der Waals surface area contributed by atoms with E-state index in [2.05, 4.69) is 18.7 Å². The zero-order valence-corrected chi connectivity index (χ0v) is 11.4. The molecule has 0 aromatic rings. The van der Waals surface area contributed by atoms with Gasteiger partial charge in [-0.3, -0.25) is 0 Å². The molecule has 96 valence electrons. The predicted octanol–water partition coefficient (Wildman–Crippen LogP) is 3.32. The summed E-state index contributed by atoms with van der Waals surface area (Å²) in [6.07, 6.45) is 8.29. The van der Waals surface area contributed by atoms with Gasteiger partial charge in [-0.15, -0.1) is 0 Å². The lowest BCUT2D eigenvalue weighted by molar-refractivity contribution is 0.178. The van der Waals surface area contributed by atoms with Crippen LogP contribution in [0.3, 0.4) is 0 Å². The molecule has 16 heavy (non-hydrogen) atoms. The van der Waals surface area contributed by atoms with Crippen LogP contribution in [0.4, 0.5) is 0 Å². The largest absolute Gasteiger partial charge is 0.385 e. The van der Waals surface area contributed by atoms with E-state index in [1.165, 1.54) is 58.2 Å². The fourth-order valence-corrected chi connectivity index (χ4v) is 2.24. The van der Waals surface area contributed by atoms with Gasteiger partial charge in [-0.1, -0.05) is 26.7 Å². The summed E-state index contributed by atoms with van der Waals surface area (Å²) in [5.41, 5.74) is 0.799. The smallest absolute Gasteiger partial charge is 0.0474 e. The van der Waals surface area contributed by atoms with Gasteiger partial charge < -0.3 is 9.64 Å². The number of rotatable bonds is 5. The molecule has 0 N–H and O–H groups in total. The summed E-state index contributed by atoms with van der Waals surface area (Å²) in [4.78, 5) is 2.60. The van der Waals surface area contributed by atoms with Crippen LogP contribution in [-0.4, -0.2) is 38.3 Å². The Morgan fingerprint density at radius 3 is 2.25 bits per heavy atom. The maximum Gasteiger partial charge on any atom is 0.0474 e. The van der Waals surface area contributed by atoms with Crippen LogP contribution in [0, 0.1) is 5.41 Å². The minimum atomic E-state index is 0.799. The first-order valence-electron chi connectivity index (χ1n) is 6.97. The minimum absolute atomic E-state index is 0.799. The van der Waals surface area contributed by atoms with E-state index in [4.69, 9.17) is 4.74 Å². The summed E-state index contributed by atoms with van der Waals surface area (Å²) in [5.74, 6) is 0. The molecule has 2 nitrogen and oxygen atoms in total. The second kappa shape index (κ2) is 7.29. The molecule has 0 radical (unpaired) electrons. The van der Waals surface area contributed by atoms with Crippen molar-refractivity contribution in [2.24, 2.45) is 5.41 Å². The minimum Gasteiger partial charge on any atom is -0.385 e. The van der Waals surface area contributed by atoms with Crippen LogP contribution >= 0.6 is 0 Å². The third kappa shape index (κ3) is 4.84. The summed E-state index contributed by atoms with van der Waals surface area (Å²) < 4.78 is 5.04. The average Bonchev–Trinajstić information content (AvgIpc) is 2.93. The lowest BCUT2D eigenvalue weighted by atomic mass is 10.1. The highest BCUT2D eigenvalue weighted by Crippen LogP contribution is 2.52. The molecule has 0 aromatic carbocycles. The molecule has 0 unspecified atom stereocenters. The van der Waals surface area contributed by atoms with Gasteiger partial charge >= 0.3 is 0 Å². The van der Waals surface area contributed by atoms with Gasteiger partial charge in [0.2, 0.25) is 0 Å². The standard InChI is InChI=1S/C10H19NO.C4H10/c1-12-8-2-6-11-7-5-10(9-11)3-4-10;1-3-4-2/h2-9H2,1H3;3-4H2,1-2H3. The molecule has 2 rings (SSSR count). The van der Waals surface area contributed by atoms with E-state index in [9.17, 15) is 0 Å². The Kier molecular flexibility index (Phi) is 6.37. The average molecular weight is 227 g/mol. The van der Waals surface area contributed by atoms with E-state index in [0.29, 0.717) is 0 Å². The van der Waals surface area contributed by atoms with Crippen molar-refractivity contribution >= 4 is 0 Å². The Balaban J connectivity index is 0.000000280. The zero-order valence-electron chi connectivity index (χ0n) is 11.4. The summed E-state index contributed by atoms with van der Waals surface area (Å²) >= 11 is 0. The Bertz CT molecular complexity index is 176. The number of hydrogen-bond acceptors (Lipinski definition) is 2. The fourth-order valence-electron chi connectivity index (χ4n) is 2.24. The van der Waals surface area contributed by atoms with E-state index in [1.807, 2.05) is 0 Å². The molecule has 0 bridgehead atoms. The molecule has 1 heterocycles. The first-order chi connectivity index (χ1) is 7.76. The summed E-state index contributed by atoms with van der Waals surface area (Å²) in [5, 5.41) is 0. The number of unbranched alkanes of at least 4 members (excludes halogenated alkanes) is 1. The van der Waals surface area contributed by atoms with Crippen LogP contribution < -0.4 is 0 Å². The zero-order chi connectivity index (χ0) is 11.9. The van der Waals surface area contributed by atoms with Crippen LogP contribution in [-0.2, 0) is 4.74 Å². The molecule has 1 aliphatic heterocycles. The molecule has 1 aliphatic carbocycles. The molecule has 0 amide bonds. The Morgan fingerprint density at radius 1 is 1.12 bits per heavy atom. The van der Waals surface area contributed by atoms with Crippen molar-refractivity contribution in [2.75, 3.05) is 33.4 Å². The molecular weight excluding hydrogens is 198 g/mol. The van der Waals surface area contributed by atoms with E-state index in [-0.39, 0.29) is 0 Å². The quantitative estimate of drug-likeness (QED) is 0.668. The fraction of sp³-hybridized carbons (Fsp3) is 1.00. The molecule has 1 saturated heterocycles. The van der Waals surface area contributed by atoms with Crippen LogP contribution in [0.15, 0.2) is 0 Å². The molecule has 0 aromatic heterocycles. The molecule has 2 fully saturated rings. The first kappa shape index (κ1) is 14.0. The van der Waals surface area contributed by atoms with E-state index in [1.54, 1.807) is 7.11 Å². The number of methoxy groups -OCH3 is 1. The number of ether oxygens (including phenoxy) is 1. The first-order valence-corrected chi connectivity index (χ1v) is 6.97. The van der Waals surface area contributed by atoms with Gasteiger partial charge in [-0.25, -0.2) is 0 Å². The summed E-state index contributed by atoms with van der Waals surface area (Å²) in [6, 6.07) is 0. The highest BCUT2D eigenvalue weighted by atomic mass is 16.5. The Hall–Kier alpha value is -0.0800. The number of nitrogens with zero attached hydrogens (tertiary/aromatic N) is 1. The monoisotopic (exact) mass is 227 g/mol. The van der Waals surface area contributed by atoms with Gasteiger partial charge in [0, 0.05) is 26.8 Å². The lowest BCUT2D eigenvalue weighted by Crippen LogP contribution is -2.23. The van der Waals surface area contributed by atoms with Crippen LogP contribution in [0.1, 0.15) is 52.4 Å². The molecule has 1 saturated carbocycles. The van der Waals surface area contributed by atoms with Gasteiger partial charge in [-0.2, -0.15) is 0 Å². The third-order valence-corrected chi connectivity index (χ3v) is 3.80. The van der Waals surface area contributed by atoms with Crippen LogP contribution in [0.25, 0.3) is 0 Å². The van der Waals surface area contributed by atoms with Crippen molar-refractivity contribution < 1.29 is 4.74 Å². The van der Waals surface area contributed by atoms with Gasteiger partial charge in [0.25, 0.3) is 0 Å². The SMILES string of the molecule is CCCC.COCCCN1CCC2(CC2)C1. The summed E-state index contributed by atoms with van der Waals surface area (Å²) in [6.45, 7) is 9.24. The van der Waals surface area contributed by atoms with Gasteiger partial charge in [0.1, 0.15) is 0 Å². The van der Waals surface area contributed by atoms with Crippen LogP contribution in [0.5, 0.6) is 0 Å². The van der Waals surface area contributed by atoms with Crippen LogP contribution in [0.2, 0.25) is 0 Å². The van der Waals surface area contributed by atoms with E-state index in [0.717, 1.165) is 12.0 Å². The van der Waals surface area contributed by atoms with Gasteiger partial charge in [0.15, 0.2) is 0 Å². The Morgan fingerprint density at radius 2 is 1.81 bits per heavy atom. The van der Waals surface area contributed by atoms with Crippen molar-refractivity contribution in [2.45, 2.75) is 52.4 Å². The van der Waals surface area contributed by atoms with Crippen molar-refractivity contribution in [3.63, 3.8) is 0 Å². The predicted molar refractivity (Wildman–Crippen MR) is 69.8 cm³/mol. The molecule has 2 aliphatic rings. The normalized spacial score (nSPS) is 21.9. The van der Waals surface area contributed by atoms with E-state index >= 15 is 0 Å². The molecule has 0 atom stereocenters. The Labute approximate surface area is 101 Å². The second-order valence-electron chi connectivity index (χ2n) is 5.37. The molecule has 2 heteroatoms. The third-order valence-electron chi connectivity index (χ3n) is 3.80. The van der Waals surface area contributed by atoms with Crippen molar-refractivity contribution in [1.29, 1.82) is 0 Å². The molecular formula is C14H29NO. The van der Waals surface area contributed by atoms with Crippen molar-refractivity contribution in [3.8, 4) is 0 Å². The maximum absolute atomic E-state index is 5.04.